The third kappa shape index (κ3) is 2.40. The van der Waals surface area contributed by atoms with Crippen LogP contribution >= 0.6 is 15.9 Å². The van der Waals surface area contributed by atoms with Gasteiger partial charge in [-0.05, 0) is 36.5 Å². The Morgan fingerprint density at radius 2 is 2.27 bits per heavy atom. The van der Waals surface area contributed by atoms with Crippen molar-refractivity contribution in [3.8, 4) is 0 Å². The van der Waals surface area contributed by atoms with E-state index in [1.807, 2.05) is 12.1 Å². The molecule has 1 aliphatic carbocycles. The van der Waals surface area contributed by atoms with Gasteiger partial charge in [0.05, 0.1) is 6.21 Å². The summed E-state index contributed by atoms with van der Waals surface area (Å²) in [6, 6.07) is 8.23. The van der Waals surface area contributed by atoms with Gasteiger partial charge in [-0.15, -0.1) is 5.16 Å². The minimum absolute atomic E-state index is 0.265. The van der Waals surface area contributed by atoms with E-state index in [9.17, 15) is 0 Å². The zero-order valence-electron chi connectivity index (χ0n) is 8.44. The van der Waals surface area contributed by atoms with Crippen molar-refractivity contribution in [2.24, 2.45) is 11.1 Å². The average Bonchev–Trinajstić information content (AvgIpc) is 2.14. The Balaban J connectivity index is 2.23. The highest BCUT2D eigenvalue weighted by Gasteiger charge is 2.27. The van der Waals surface area contributed by atoms with E-state index in [0.29, 0.717) is 5.92 Å². The molecule has 1 atom stereocenters. The van der Waals surface area contributed by atoms with Crippen LogP contribution < -0.4 is 0 Å². The lowest BCUT2D eigenvalue weighted by molar-refractivity contribution is 0.287. The number of nitrogens with zero attached hydrogens (tertiary/aromatic N) is 1. The summed E-state index contributed by atoms with van der Waals surface area (Å²) in [5.74, 6) is 0.913. The molecule has 1 aliphatic rings. The maximum absolute atomic E-state index is 8.69. The van der Waals surface area contributed by atoms with Gasteiger partial charge in [0.25, 0.3) is 0 Å². The molecule has 1 aromatic carbocycles. The zero-order chi connectivity index (χ0) is 10.7. The maximum atomic E-state index is 8.69. The van der Waals surface area contributed by atoms with E-state index in [1.54, 1.807) is 6.21 Å². The minimum atomic E-state index is 0.265. The number of oxime groups is 1. The van der Waals surface area contributed by atoms with Crippen molar-refractivity contribution < 1.29 is 5.21 Å². The topological polar surface area (TPSA) is 32.6 Å². The molecule has 0 aromatic heterocycles. The van der Waals surface area contributed by atoms with E-state index in [1.165, 1.54) is 24.8 Å². The van der Waals surface area contributed by atoms with Gasteiger partial charge in [0, 0.05) is 10.4 Å². The Morgan fingerprint density at radius 1 is 1.47 bits per heavy atom. The molecule has 0 bridgehead atoms. The molecule has 1 aromatic rings. The lowest BCUT2D eigenvalue weighted by Gasteiger charge is -2.31. The van der Waals surface area contributed by atoms with Crippen LogP contribution in [0.4, 0.5) is 0 Å². The molecule has 1 fully saturated rings. The lowest BCUT2D eigenvalue weighted by atomic mass is 9.73. The van der Waals surface area contributed by atoms with Crippen molar-refractivity contribution in [2.75, 3.05) is 0 Å². The molecule has 0 heterocycles. The molecule has 2 nitrogen and oxygen atoms in total. The second-order valence-corrected chi connectivity index (χ2v) is 4.95. The summed E-state index contributed by atoms with van der Waals surface area (Å²) in [6.45, 7) is 0. The predicted octanol–water partition coefficient (Wildman–Crippen LogP) is 3.79. The molecule has 15 heavy (non-hydrogen) atoms. The van der Waals surface area contributed by atoms with Crippen molar-refractivity contribution >= 4 is 22.1 Å². The molecular formula is C12H14BrNO. The summed E-state index contributed by atoms with van der Waals surface area (Å²) in [5.41, 5.74) is 1.23. The molecule has 3 heteroatoms. The second-order valence-electron chi connectivity index (χ2n) is 4.04. The van der Waals surface area contributed by atoms with Gasteiger partial charge in [-0.1, -0.05) is 34.5 Å². The fourth-order valence-corrected chi connectivity index (χ4v) is 2.48. The molecule has 0 amide bonds. The smallest absolute Gasteiger partial charge is 0.0513 e. The molecule has 2 rings (SSSR count). The molecule has 0 aliphatic heterocycles. The third-order valence-corrected chi connectivity index (χ3v) is 3.61. The maximum Gasteiger partial charge on any atom is 0.0513 e. The van der Waals surface area contributed by atoms with E-state index in [-0.39, 0.29) is 5.92 Å². The van der Waals surface area contributed by atoms with Crippen molar-refractivity contribution in [3.63, 3.8) is 0 Å². The number of hydrogen-bond acceptors (Lipinski definition) is 2. The normalized spacial score (nSPS) is 19.0. The van der Waals surface area contributed by atoms with Crippen molar-refractivity contribution in [3.05, 3.63) is 34.3 Å². The SMILES string of the molecule is O/N=C/C(c1cccc(Br)c1)C1CCC1. The number of halogens is 1. The van der Waals surface area contributed by atoms with E-state index in [2.05, 4.69) is 33.2 Å². The molecule has 80 valence electrons. The summed E-state index contributed by atoms with van der Waals surface area (Å²) in [4.78, 5) is 0. The van der Waals surface area contributed by atoms with Gasteiger partial charge in [0.15, 0.2) is 0 Å². The Labute approximate surface area is 98.1 Å². The summed E-state index contributed by atoms with van der Waals surface area (Å²) in [7, 11) is 0. The highest BCUT2D eigenvalue weighted by Crippen LogP contribution is 2.38. The Morgan fingerprint density at radius 3 is 2.80 bits per heavy atom. The van der Waals surface area contributed by atoms with E-state index < -0.39 is 0 Å². The molecule has 0 spiro atoms. The first-order valence-corrected chi connectivity index (χ1v) is 6.03. The Bertz CT molecular complexity index is 360. The third-order valence-electron chi connectivity index (χ3n) is 3.12. The van der Waals surface area contributed by atoms with Gasteiger partial charge in [-0.25, -0.2) is 0 Å². The number of benzene rings is 1. The van der Waals surface area contributed by atoms with E-state index in [0.717, 1.165) is 4.47 Å². The van der Waals surface area contributed by atoms with Crippen LogP contribution in [0.5, 0.6) is 0 Å². The van der Waals surface area contributed by atoms with Gasteiger partial charge >= 0.3 is 0 Å². The second kappa shape index (κ2) is 4.79. The van der Waals surface area contributed by atoms with Gasteiger partial charge in [-0.3, -0.25) is 0 Å². The largest absolute Gasteiger partial charge is 0.411 e. The minimum Gasteiger partial charge on any atom is -0.411 e. The fraction of sp³-hybridized carbons (Fsp3) is 0.417. The summed E-state index contributed by atoms with van der Waals surface area (Å²) in [6.07, 6.45) is 5.44. The number of rotatable bonds is 3. The molecule has 0 radical (unpaired) electrons. The first kappa shape index (κ1) is 10.7. The molecular weight excluding hydrogens is 254 g/mol. The average molecular weight is 268 g/mol. The summed E-state index contributed by atoms with van der Waals surface area (Å²) in [5, 5.41) is 11.9. The van der Waals surface area contributed by atoms with Crippen LogP contribution in [0.3, 0.4) is 0 Å². The Kier molecular flexibility index (Phi) is 3.41. The van der Waals surface area contributed by atoms with Crippen LogP contribution in [-0.2, 0) is 0 Å². The predicted molar refractivity (Wildman–Crippen MR) is 64.5 cm³/mol. The van der Waals surface area contributed by atoms with Crippen molar-refractivity contribution in [2.45, 2.75) is 25.2 Å². The van der Waals surface area contributed by atoms with Crippen LogP contribution in [0.1, 0.15) is 30.7 Å². The van der Waals surface area contributed by atoms with Crippen LogP contribution in [0.25, 0.3) is 0 Å². The first-order chi connectivity index (χ1) is 7.31. The van der Waals surface area contributed by atoms with Crippen LogP contribution in [0.2, 0.25) is 0 Å². The van der Waals surface area contributed by atoms with E-state index in [4.69, 9.17) is 5.21 Å². The molecule has 1 N–H and O–H groups in total. The van der Waals surface area contributed by atoms with Crippen molar-refractivity contribution in [1.82, 2.24) is 0 Å². The van der Waals surface area contributed by atoms with Crippen LogP contribution in [-0.4, -0.2) is 11.4 Å². The van der Waals surface area contributed by atoms with Gasteiger partial charge in [0.1, 0.15) is 0 Å². The highest BCUT2D eigenvalue weighted by molar-refractivity contribution is 9.10. The number of hydrogen-bond donors (Lipinski definition) is 1. The van der Waals surface area contributed by atoms with Crippen molar-refractivity contribution in [1.29, 1.82) is 0 Å². The standard InChI is InChI=1S/C12H14BrNO/c13-11-6-2-5-10(7-11)12(8-14-15)9-3-1-4-9/h2,5-9,12,15H,1,3-4H2/b14-8+. The summed E-state index contributed by atoms with van der Waals surface area (Å²) >= 11 is 3.46. The van der Waals surface area contributed by atoms with Gasteiger partial charge < -0.3 is 5.21 Å². The van der Waals surface area contributed by atoms with Gasteiger partial charge in [-0.2, -0.15) is 0 Å². The Hall–Kier alpha value is -0.830. The fourth-order valence-electron chi connectivity index (χ4n) is 2.06. The first-order valence-electron chi connectivity index (χ1n) is 5.24. The quantitative estimate of drug-likeness (QED) is 0.505. The van der Waals surface area contributed by atoms with Gasteiger partial charge in [0.2, 0.25) is 0 Å². The molecule has 0 saturated heterocycles. The lowest BCUT2D eigenvalue weighted by Crippen LogP contribution is -2.21. The summed E-state index contributed by atoms with van der Waals surface area (Å²) < 4.78 is 1.08. The molecule has 1 unspecified atom stereocenters. The monoisotopic (exact) mass is 267 g/mol. The molecule has 1 saturated carbocycles. The zero-order valence-corrected chi connectivity index (χ0v) is 10.0. The van der Waals surface area contributed by atoms with Crippen LogP contribution in [0, 0.1) is 5.92 Å². The van der Waals surface area contributed by atoms with Crippen LogP contribution in [0.15, 0.2) is 33.9 Å². The highest BCUT2D eigenvalue weighted by atomic mass is 79.9. The van der Waals surface area contributed by atoms with E-state index >= 15 is 0 Å².